The summed E-state index contributed by atoms with van der Waals surface area (Å²) >= 11 is 0. The van der Waals surface area contributed by atoms with Gasteiger partial charge in [-0.25, -0.2) is 0 Å². The Morgan fingerprint density at radius 2 is 2.36 bits per heavy atom. The Labute approximate surface area is 68.2 Å². The van der Waals surface area contributed by atoms with E-state index in [2.05, 4.69) is 6.58 Å². The van der Waals surface area contributed by atoms with Gasteiger partial charge in [-0.15, -0.1) is 6.58 Å². The molecule has 11 heavy (non-hydrogen) atoms. The molecule has 2 heteroatoms. The fourth-order valence-electron chi connectivity index (χ4n) is 0.881. The number of unbranched alkanes of at least 4 members (excludes halogenated alkanes) is 1. The van der Waals surface area contributed by atoms with E-state index < -0.39 is 0 Å². The highest BCUT2D eigenvalue weighted by Crippen LogP contribution is 2.12. The smallest absolute Gasteiger partial charge is 0.0831 e. The van der Waals surface area contributed by atoms with Crippen molar-refractivity contribution in [3.8, 4) is 0 Å². The van der Waals surface area contributed by atoms with Crippen molar-refractivity contribution in [3.63, 3.8) is 0 Å². The first-order valence-electron chi connectivity index (χ1n) is 4.23. The summed E-state index contributed by atoms with van der Waals surface area (Å²) in [5.41, 5.74) is 0. The highest BCUT2D eigenvalue weighted by molar-refractivity contribution is 4.68. The molecule has 0 aromatic carbocycles. The molecule has 0 bridgehead atoms. The van der Waals surface area contributed by atoms with Crippen LogP contribution in [0.15, 0.2) is 12.7 Å². The van der Waals surface area contributed by atoms with E-state index in [-0.39, 0.29) is 0 Å². The van der Waals surface area contributed by atoms with Gasteiger partial charge in [0.05, 0.1) is 12.7 Å². The molecule has 1 heterocycles. The second-order valence-corrected chi connectivity index (χ2v) is 2.79. The summed E-state index contributed by atoms with van der Waals surface area (Å²) in [5, 5.41) is 0. The summed E-state index contributed by atoms with van der Waals surface area (Å²) in [5.74, 6) is 0. The maximum atomic E-state index is 5.36. The summed E-state index contributed by atoms with van der Waals surface area (Å²) in [4.78, 5) is 0. The zero-order valence-electron chi connectivity index (χ0n) is 6.92. The molecule has 0 aliphatic carbocycles. The summed E-state index contributed by atoms with van der Waals surface area (Å²) in [7, 11) is 0. The molecule has 0 amide bonds. The van der Waals surface area contributed by atoms with Crippen LogP contribution in [-0.4, -0.2) is 25.9 Å². The molecule has 1 unspecified atom stereocenters. The molecule has 0 saturated carbocycles. The number of hydrogen-bond donors (Lipinski definition) is 0. The summed E-state index contributed by atoms with van der Waals surface area (Å²) < 4.78 is 10.4. The minimum absolute atomic E-state index is 0.509. The maximum Gasteiger partial charge on any atom is 0.0831 e. The van der Waals surface area contributed by atoms with Crippen molar-refractivity contribution in [1.29, 1.82) is 0 Å². The van der Waals surface area contributed by atoms with E-state index in [1.807, 2.05) is 6.08 Å². The second kappa shape index (κ2) is 5.33. The summed E-state index contributed by atoms with van der Waals surface area (Å²) in [6.07, 6.45) is 5.64. The highest BCUT2D eigenvalue weighted by Gasteiger charge is 2.21. The number of ether oxygens (including phenoxy) is 2. The van der Waals surface area contributed by atoms with Gasteiger partial charge in [0.15, 0.2) is 0 Å². The predicted molar refractivity (Wildman–Crippen MR) is 44.6 cm³/mol. The van der Waals surface area contributed by atoms with Crippen LogP contribution in [0.3, 0.4) is 0 Å². The maximum absolute atomic E-state index is 5.36. The summed E-state index contributed by atoms with van der Waals surface area (Å²) in [6.45, 7) is 6.29. The van der Waals surface area contributed by atoms with Gasteiger partial charge in [-0.05, 0) is 19.3 Å². The van der Waals surface area contributed by atoms with Crippen molar-refractivity contribution < 1.29 is 9.47 Å². The van der Waals surface area contributed by atoms with Crippen LogP contribution in [0.5, 0.6) is 0 Å². The highest BCUT2D eigenvalue weighted by atomic mass is 16.6. The molecule has 1 atom stereocenters. The molecule has 1 fully saturated rings. The Kier molecular flexibility index (Phi) is 4.24. The molecule has 1 aliphatic rings. The van der Waals surface area contributed by atoms with Gasteiger partial charge < -0.3 is 9.47 Å². The van der Waals surface area contributed by atoms with E-state index in [9.17, 15) is 0 Å². The van der Waals surface area contributed by atoms with Crippen LogP contribution < -0.4 is 0 Å². The topological polar surface area (TPSA) is 21.8 Å². The molecule has 2 nitrogen and oxygen atoms in total. The molecule has 0 radical (unpaired) electrons. The molecule has 0 aromatic rings. The van der Waals surface area contributed by atoms with E-state index in [0.717, 1.165) is 39.1 Å². The third-order valence-electron chi connectivity index (χ3n) is 1.68. The predicted octanol–water partition coefficient (Wildman–Crippen LogP) is 1.76. The molecule has 64 valence electrons. The standard InChI is InChI=1S/C9H16O2/c1-2-3-4-6-10-7-5-9-8-11-9/h2,9H,1,3-8H2. The van der Waals surface area contributed by atoms with Crippen molar-refractivity contribution in [2.45, 2.75) is 25.4 Å². The SMILES string of the molecule is C=CCCCOCCC1CO1. The van der Waals surface area contributed by atoms with Crippen molar-refractivity contribution >= 4 is 0 Å². The van der Waals surface area contributed by atoms with Gasteiger partial charge in [0, 0.05) is 13.2 Å². The van der Waals surface area contributed by atoms with E-state index in [1.165, 1.54) is 0 Å². The lowest BCUT2D eigenvalue weighted by Gasteiger charge is -1.99. The Morgan fingerprint density at radius 1 is 1.55 bits per heavy atom. The molecular formula is C9H16O2. The van der Waals surface area contributed by atoms with E-state index >= 15 is 0 Å². The third-order valence-corrected chi connectivity index (χ3v) is 1.68. The van der Waals surface area contributed by atoms with Crippen LogP contribution in [-0.2, 0) is 9.47 Å². The fourth-order valence-corrected chi connectivity index (χ4v) is 0.881. The van der Waals surface area contributed by atoms with Crippen LogP contribution in [0.25, 0.3) is 0 Å². The van der Waals surface area contributed by atoms with Crippen LogP contribution >= 0.6 is 0 Å². The fraction of sp³-hybridized carbons (Fsp3) is 0.778. The first-order valence-corrected chi connectivity index (χ1v) is 4.23. The Bertz CT molecular complexity index is 108. The zero-order chi connectivity index (χ0) is 7.94. The van der Waals surface area contributed by atoms with Gasteiger partial charge in [-0.1, -0.05) is 6.08 Å². The molecular weight excluding hydrogens is 140 g/mol. The number of rotatable bonds is 7. The Balaban J connectivity index is 1.69. The zero-order valence-corrected chi connectivity index (χ0v) is 6.92. The number of hydrogen-bond acceptors (Lipinski definition) is 2. The van der Waals surface area contributed by atoms with Crippen molar-refractivity contribution in [2.24, 2.45) is 0 Å². The second-order valence-electron chi connectivity index (χ2n) is 2.79. The molecule has 1 aliphatic heterocycles. The first-order chi connectivity index (χ1) is 5.43. The molecule has 1 rings (SSSR count). The lowest BCUT2D eigenvalue weighted by Crippen LogP contribution is -1.99. The molecule has 0 N–H and O–H groups in total. The third kappa shape index (κ3) is 4.99. The number of epoxide rings is 1. The van der Waals surface area contributed by atoms with Crippen LogP contribution in [0, 0.1) is 0 Å². The van der Waals surface area contributed by atoms with Gasteiger partial charge in [0.25, 0.3) is 0 Å². The van der Waals surface area contributed by atoms with Gasteiger partial charge in [-0.2, -0.15) is 0 Å². The van der Waals surface area contributed by atoms with Crippen molar-refractivity contribution in [3.05, 3.63) is 12.7 Å². The van der Waals surface area contributed by atoms with Gasteiger partial charge in [0.1, 0.15) is 0 Å². The quantitative estimate of drug-likeness (QED) is 0.318. The monoisotopic (exact) mass is 156 g/mol. The van der Waals surface area contributed by atoms with E-state index in [1.54, 1.807) is 0 Å². The normalized spacial score (nSPS) is 21.6. The lowest BCUT2D eigenvalue weighted by molar-refractivity contribution is 0.124. The largest absolute Gasteiger partial charge is 0.381 e. The average Bonchev–Trinajstić information content (AvgIpc) is 2.80. The van der Waals surface area contributed by atoms with Gasteiger partial charge in [-0.3, -0.25) is 0 Å². The molecule has 1 saturated heterocycles. The lowest BCUT2D eigenvalue weighted by atomic mass is 10.3. The van der Waals surface area contributed by atoms with Crippen LogP contribution in [0.2, 0.25) is 0 Å². The Morgan fingerprint density at radius 3 is 3.00 bits per heavy atom. The molecule has 0 aromatic heterocycles. The van der Waals surface area contributed by atoms with E-state index in [4.69, 9.17) is 9.47 Å². The van der Waals surface area contributed by atoms with Crippen LogP contribution in [0.4, 0.5) is 0 Å². The minimum atomic E-state index is 0.509. The van der Waals surface area contributed by atoms with Crippen molar-refractivity contribution in [2.75, 3.05) is 19.8 Å². The average molecular weight is 156 g/mol. The van der Waals surface area contributed by atoms with E-state index in [0.29, 0.717) is 6.10 Å². The number of allylic oxidation sites excluding steroid dienone is 1. The Hall–Kier alpha value is -0.340. The minimum Gasteiger partial charge on any atom is -0.381 e. The van der Waals surface area contributed by atoms with Crippen LogP contribution in [0.1, 0.15) is 19.3 Å². The first kappa shape index (κ1) is 8.75. The van der Waals surface area contributed by atoms with Gasteiger partial charge >= 0.3 is 0 Å². The van der Waals surface area contributed by atoms with Gasteiger partial charge in [0.2, 0.25) is 0 Å². The van der Waals surface area contributed by atoms with Crippen molar-refractivity contribution in [1.82, 2.24) is 0 Å². The summed E-state index contributed by atoms with van der Waals surface area (Å²) in [6, 6.07) is 0. The molecule has 0 spiro atoms.